The van der Waals surface area contributed by atoms with Crippen molar-refractivity contribution in [3.8, 4) is 23.0 Å². The maximum atomic E-state index is 12.6. The highest BCUT2D eigenvalue weighted by Crippen LogP contribution is 2.24. The first-order valence-electron chi connectivity index (χ1n) is 43.9. The summed E-state index contributed by atoms with van der Waals surface area (Å²) in [6, 6.07) is 67.2. The summed E-state index contributed by atoms with van der Waals surface area (Å²) in [6.45, 7) is 26.4. The molecule has 652 valence electrons. The number of hydrogen-bond donors (Lipinski definition) is 0. The molecule has 8 aromatic heterocycles. The first kappa shape index (κ1) is 90.7. The van der Waals surface area contributed by atoms with Gasteiger partial charge in [0.25, 0.3) is 0 Å². The van der Waals surface area contributed by atoms with Gasteiger partial charge in [0, 0.05) is 233 Å². The van der Waals surface area contributed by atoms with Gasteiger partial charge in [0.05, 0.1) is 5.69 Å². The lowest BCUT2D eigenvalue weighted by Crippen LogP contribution is -2.49. The van der Waals surface area contributed by atoms with Crippen molar-refractivity contribution in [1.29, 1.82) is 0 Å². The molecule has 24 heteroatoms. The van der Waals surface area contributed by atoms with Crippen molar-refractivity contribution in [3.63, 3.8) is 0 Å². The minimum absolute atomic E-state index is 0.270. The van der Waals surface area contributed by atoms with Crippen LogP contribution in [0.1, 0.15) is 108 Å². The predicted molar refractivity (Wildman–Crippen MR) is 490 cm³/mol. The fourth-order valence-corrected chi connectivity index (χ4v) is 15.3. The van der Waals surface area contributed by atoms with E-state index in [1.165, 1.54) is 33.4 Å². The molecule has 126 heavy (non-hydrogen) atoms. The number of carbonyl (C=O) groups excluding carboxylic acids is 4. The van der Waals surface area contributed by atoms with E-state index in [9.17, 15) is 19.2 Å². The van der Waals surface area contributed by atoms with E-state index >= 15 is 0 Å². The lowest BCUT2D eigenvalue weighted by Gasteiger charge is -2.34. The van der Waals surface area contributed by atoms with Crippen LogP contribution in [0.15, 0.2) is 262 Å². The Kier molecular flexibility index (Phi) is 34.4. The molecule has 24 nitrogen and oxygen atoms in total. The lowest BCUT2D eigenvalue weighted by atomic mass is 10.1. The number of piperazine rings is 4. The summed E-state index contributed by atoms with van der Waals surface area (Å²) in [5.41, 5.74) is 19.3. The number of benzene rings is 4. The summed E-state index contributed by atoms with van der Waals surface area (Å²) in [5.74, 6) is 2.30. The van der Waals surface area contributed by atoms with E-state index in [4.69, 9.17) is 18.9 Å². The number of aromatic nitrogens is 8. The molecule has 12 heterocycles. The Bertz CT molecular complexity index is 5180. The highest BCUT2D eigenvalue weighted by Gasteiger charge is 2.28. The van der Waals surface area contributed by atoms with Crippen molar-refractivity contribution in [1.82, 2.24) is 79.1 Å². The van der Waals surface area contributed by atoms with Crippen LogP contribution >= 0.6 is 0 Å². The number of pyridine rings is 8. The van der Waals surface area contributed by atoms with Gasteiger partial charge in [-0.2, -0.15) is 0 Å². The van der Waals surface area contributed by atoms with Crippen LogP contribution < -0.4 is 18.9 Å². The summed E-state index contributed by atoms with van der Waals surface area (Å²) >= 11 is 0. The molecule has 4 aliphatic rings. The third-order valence-corrected chi connectivity index (χ3v) is 23.1. The van der Waals surface area contributed by atoms with Crippen molar-refractivity contribution in [2.75, 3.05) is 124 Å². The largest absolute Gasteiger partial charge is 0.415 e. The van der Waals surface area contributed by atoms with E-state index in [-0.39, 0.29) is 24.4 Å². The van der Waals surface area contributed by atoms with E-state index in [2.05, 4.69) is 130 Å². The number of nitrogens with zero attached hydrogens (tertiary/aromatic N) is 16. The number of carbonyl (C=O) groups is 4. The summed E-state index contributed by atoms with van der Waals surface area (Å²) in [5, 5.41) is 0. The molecule has 12 aromatic rings. The molecular formula is C102H116N16O8. The Labute approximate surface area is 741 Å². The van der Waals surface area contributed by atoms with Crippen LogP contribution in [0.4, 0.5) is 19.2 Å². The highest BCUT2D eigenvalue weighted by atomic mass is 16.6. The third kappa shape index (κ3) is 29.3. The molecule has 4 saturated heterocycles. The maximum absolute atomic E-state index is 12.6. The molecule has 0 unspecified atom stereocenters. The molecule has 0 aliphatic carbocycles. The quantitative estimate of drug-likeness (QED) is 0.0517. The Hall–Kier alpha value is -13.0. The summed E-state index contributed by atoms with van der Waals surface area (Å²) in [6.07, 6.45) is 23.7. The van der Waals surface area contributed by atoms with E-state index in [1.807, 2.05) is 214 Å². The van der Waals surface area contributed by atoms with Crippen molar-refractivity contribution < 1.29 is 38.1 Å². The number of ether oxygens (including phenoxy) is 4. The van der Waals surface area contributed by atoms with Gasteiger partial charge in [-0.25, -0.2) is 19.2 Å². The fourth-order valence-electron chi connectivity index (χ4n) is 15.3. The van der Waals surface area contributed by atoms with Crippen LogP contribution in [0, 0.1) is 34.6 Å². The topological polar surface area (TPSA) is 234 Å². The Morgan fingerprint density at radius 3 is 0.921 bits per heavy atom. The highest BCUT2D eigenvalue weighted by molar-refractivity contribution is 5.73. The van der Waals surface area contributed by atoms with Gasteiger partial charge in [-0.1, -0.05) is 97.1 Å². The molecule has 16 rings (SSSR count). The number of amides is 4. The van der Waals surface area contributed by atoms with Gasteiger partial charge < -0.3 is 38.5 Å². The molecule has 4 aliphatic heterocycles. The van der Waals surface area contributed by atoms with E-state index < -0.39 is 0 Å². The van der Waals surface area contributed by atoms with Crippen molar-refractivity contribution >= 4 is 24.4 Å². The molecule has 4 aromatic carbocycles. The monoisotopic (exact) mass is 1690 g/mol. The Balaban J connectivity index is 0.000000144. The van der Waals surface area contributed by atoms with Crippen LogP contribution in [0.3, 0.4) is 0 Å². The minimum atomic E-state index is -0.290. The molecule has 0 radical (unpaired) electrons. The number of aryl methyl sites for hydroxylation is 7. The van der Waals surface area contributed by atoms with Crippen LogP contribution in [0.2, 0.25) is 0 Å². The van der Waals surface area contributed by atoms with Crippen LogP contribution in [0.5, 0.6) is 23.0 Å². The molecule has 0 atom stereocenters. The SMILES string of the molecule is Cc1cccc(CN2CCN(C(=O)Oc3ccc(Cc4ncccc4C)cc3)CC2)n1.Cc1cccnc1Cc1ccc(OC(=O)N2CCN(CCCc3ccccn3)CC2)cc1.Cc1cccnc1Cc1ccc(OC(=O)N2CCN(CCCc3cccnc3)CC2)cc1.Cc1cccnc1Cc1ccc(OC(=O)N2CCN(CCc3cccnc3)CC2)cc1. The summed E-state index contributed by atoms with van der Waals surface area (Å²) < 4.78 is 22.4. The van der Waals surface area contributed by atoms with Crippen molar-refractivity contribution in [2.45, 2.75) is 99.0 Å². The average molecular weight is 1690 g/mol. The van der Waals surface area contributed by atoms with E-state index in [1.54, 1.807) is 32.0 Å². The molecule has 0 spiro atoms. The molecule has 4 amide bonds. The van der Waals surface area contributed by atoms with Gasteiger partial charge >= 0.3 is 24.4 Å². The fraction of sp³-hybridized carbons (Fsp3) is 0.333. The van der Waals surface area contributed by atoms with Gasteiger partial charge in [-0.3, -0.25) is 59.5 Å². The van der Waals surface area contributed by atoms with Gasteiger partial charge in [-0.15, -0.1) is 0 Å². The smallest absolute Gasteiger partial charge is 0.410 e. The van der Waals surface area contributed by atoms with Gasteiger partial charge in [0.1, 0.15) is 23.0 Å². The van der Waals surface area contributed by atoms with Gasteiger partial charge in [-0.05, 0) is 245 Å². The molecule has 4 fully saturated rings. The van der Waals surface area contributed by atoms with Crippen LogP contribution in [0.25, 0.3) is 0 Å². The van der Waals surface area contributed by atoms with Crippen molar-refractivity contribution in [2.24, 2.45) is 0 Å². The first-order chi connectivity index (χ1) is 61.6. The molecule has 0 N–H and O–H groups in total. The van der Waals surface area contributed by atoms with E-state index in [0.717, 1.165) is 198 Å². The predicted octanol–water partition coefficient (Wildman–Crippen LogP) is 16.0. The number of rotatable bonds is 25. The van der Waals surface area contributed by atoms with E-state index in [0.29, 0.717) is 75.4 Å². The second-order valence-corrected chi connectivity index (χ2v) is 32.3. The standard InChI is InChI=1S/2C26H30N4O2.2C25H28N4O2/c1-21-5-2-13-28-25(21)19-22-8-10-24(11-9-22)32-26(31)30-17-15-29(16-18-30)14-4-7-23-6-3-12-27-20-23;1-21-6-4-14-28-25(21)20-22-9-11-24(12-10-22)32-26(31)30-18-16-29(17-19-30)15-5-8-23-7-2-3-13-27-23;1-19-5-4-12-26-24(19)17-21-8-10-23(11-9-21)31-25(30)29-15-13-28(14-16-29)18-22-7-3-6-20(2)27-22;1-20-4-2-12-27-24(20)18-21-6-8-23(9-7-21)31-25(30)29-16-14-28(15-17-29)13-10-22-5-3-11-26-19-22/h2-3,5-6,8-13,20H,4,7,14-19H2,1H3;2-4,6-7,9-14H,5,8,15-20H2,1H3;3-12H,13-18H2,1-2H3;2-9,11-12,19H,10,13-18H2,1H3. The zero-order valence-corrected chi connectivity index (χ0v) is 73.3. The molecule has 0 saturated carbocycles. The van der Waals surface area contributed by atoms with Crippen molar-refractivity contribution in [3.05, 3.63) is 358 Å². The summed E-state index contributed by atoms with van der Waals surface area (Å²) in [7, 11) is 0. The summed E-state index contributed by atoms with van der Waals surface area (Å²) in [4.78, 5) is 102. The Morgan fingerprint density at radius 2 is 0.595 bits per heavy atom. The van der Waals surface area contributed by atoms with Gasteiger partial charge in [0.15, 0.2) is 0 Å². The molecule has 0 bridgehead atoms. The zero-order chi connectivity index (χ0) is 87.4. The van der Waals surface area contributed by atoms with Crippen LogP contribution in [-0.4, -0.2) is 228 Å². The second-order valence-electron chi connectivity index (χ2n) is 32.3. The normalized spacial score (nSPS) is 14.4. The minimum Gasteiger partial charge on any atom is -0.410 e. The number of hydrogen-bond acceptors (Lipinski definition) is 20. The zero-order valence-electron chi connectivity index (χ0n) is 73.3. The maximum Gasteiger partial charge on any atom is 0.415 e. The molecular weight excluding hydrogens is 1580 g/mol. The second kappa shape index (κ2) is 47.7. The lowest BCUT2D eigenvalue weighted by molar-refractivity contribution is 0.107. The average Bonchev–Trinajstić information content (AvgIpc) is 0.863. The third-order valence-electron chi connectivity index (χ3n) is 23.1. The van der Waals surface area contributed by atoms with Crippen LogP contribution in [-0.2, 0) is 51.5 Å². The van der Waals surface area contributed by atoms with Gasteiger partial charge in [0.2, 0.25) is 0 Å². The Morgan fingerprint density at radius 1 is 0.278 bits per heavy atom. The first-order valence-corrected chi connectivity index (χ1v) is 43.9.